The summed E-state index contributed by atoms with van der Waals surface area (Å²) in [7, 11) is 0. The number of hydrogen-bond donors (Lipinski definition) is 1. The molecule has 1 N–H and O–H groups in total. The van der Waals surface area contributed by atoms with Crippen molar-refractivity contribution >= 4 is 17.5 Å². The van der Waals surface area contributed by atoms with Gasteiger partial charge < -0.3 is 14.6 Å². The van der Waals surface area contributed by atoms with Crippen LogP contribution in [-0.2, 0) is 6.54 Å². The van der Waals surface area contributed by atoms with E-state index in [2.05, 4.69) is 15.5 Å². The van der Waals surface area contributed by atoms with Crippen molar-refractivity contribution in [2.45, 2.75) is 26.5 Å². The summed E-state index contributed by atoms with van der Waals surface area (Å²) in [6.45, 7) is 4.00. The van der Waals surface area contributed by atoms with Crippen molar-refractivity contribution in [3.8, 4) is 17.1 Å². The highest BCUT2D eigenvalue weighted by atomic mass is 35.5. The van der Waals surface area contributed by atoms with Crippen LogP contribution in [-0.4, -0.2) is 22.2 Å². The Balaban J connectivity index is 1.62. The number of ether oxygens (including phenoxy) is 1. The lowest BCUT2D eigenvalue weighted by Crippen LogP contribution is -2.23. The summed E-state index contributed by atoms with van der Waals surface area (Å²) in [5, 5.41) is 7.30. The van der Waals surface area contributed by atoms with Crippen molar-refractivity contribution in [3.63, 3.8) is 0 Å². The third kappa shape index (κ3) is 4.61. The van der Waals surface area contributed by atoms with Gasteiger partial charge in [0.15, 0.2) is 0 Å². The third-order valence-electron chi connectivity index (χ3n) is 3.44. The fourth-order valence-corrected chi connectivity index (χ4v) is 2.41. The summed E-state index contributed by atoms with van der Waals surface area (Å²) in [4.78, 5) is 16.6. The Morgan fingerprint density at radius 1 is 1.23 bits per heavy atom. The first-order valence-electron chi connectivity index (χ1n) is 8.14. The molecule has 3 aromatic rings. The number of nitrogens with zero attached hydrogens (tertiary/aromatic N) is 2. The van der Waals surface area contributed by atoms with Gasteiger partial charge in [0.25, 0.3) is 5.91 Å². The Morgan fingerprint density at radius 2 is 2.00 bits per heavy atom. The summed E-state index contributed by atoms with van der Waals surface area (Å²) in [6, 6.07) is 14.1. The molecule has 1 amide bonds. The molecule has 0 aliphatic carbocycles. The lowest BCUT2D eigenvalue weighted by molar-refractivity contribution is 0.0945. The number of nitrogens with one attached hydrogen (secondary N) is 1. The number of amides is 1. The minimum absolute atomic E-state index is 0.0398. The van der Waals surface area contributed by atoms with Crippen LogP contribution in [0.1, 0.15) is 30.1 Å². The monoisotopic (exact) mass is 371 g/mol. The standard InChI is InChI=1S/C19H18ClN3O3/c1-12(2)25-16-5-3-4-14(10-16)19(24)21-11-17-22-18(23-26-17)13-6-8-15(20)9-7-13/h3-10,12H,11H2,1-2H3,(H,21,24). The number of halogens is 1. The molecule has 3 rings (SSSR count). The van der Waals surface area contributed by atoms with Crippen molar-refractivity contribution in [3.05, 3.63) is 65.0 Å². The van der Waals surface area contributed by atoms with E-state index in [9.17, 15) is 4.79 Å². The quantitative estimate of drug-likeness (QED) is 0.705. The van der Waals surface area contributed by atoms with Gasteiger partial charge in [-0.3, -0.25) is 4.79 Å². The summed E-state index contributed by atoms with van der Waals surface area (Å²) in [5.74, 6) is 1.16. The fraction of sp³-hybridized carbons (Fsp3) is 0.211. The first kappa shape index (κ1) is 17.9. The molecule has 0 unspecified atom stereocenters. The summed E-state index contributed by atoms with van der Waals surface area (Å²) in [6.07, 6.45) is 0.0398. The van der Waals surface area contributed by atoms with Gasteiger partial charge in [-0.25, -0.2) is 0 Å². The summed E-state index contributed by atoms with van der Waals surface area (Å²) in [5.41, 5.74) is 1.29. The molecule has 0 radical (unpaired) electrons. The molecule has 1 heterocycles. The van der Waals surface area contributed by atoms with Gasteiger partial charge >= 0.3 is 0 Å². The minimum Gasteiger partial charge on any atom is -0.491 e. The van der Waals surface area contributed by atoms with E-state index in [1.54, 1.807) is 42.5 Å². The van der Waals surface area contributed by atoms with Crippen molar-refractivity contribution in [2.75, 3.05) is 0 Å². The molecule has 0 aliphatic rings. The van der Waals surface area contributed by atoms with Crippen LogP contribution in [0.5, 0.6) is 5.75 Å². The second-order valence-electron chi connectivity index (χ2n) is 5.90. The first-order valence-corrected chi connectivity index (χ1v) is 8.52. The van der Waals surface area contributed by atoms with Crippen LogP contribution >= 0.6 is 11.6 Å². The Kier molecular flexibility index (Phi) is 5.53. The molecular formula is C19H18ClN3O3. The zero-order valence-corrected chi connectivity index (χ0v) is 15.2. The molecule has 134 valence electrons. The van der Waals surface area contributed by atoms with Gasteiger partial charge in [-0.2, -0.15) is 4.98 Å². The van der Waals surface area contributed by atoms with Gasteiger partial charge in [-0.15, -0.1) is 0 Å². The third-order valence-corrected chi connectivity index (χ3v) is 3.69. The molecule has 1 aromatic heterocycles. The van der Waals surface area contributed by atoms with Crippen LogP contribution in [0.25, 0.3) is 11.4 Å². The molecule has 7 heteroatoms. The molecular weight excluding hydrogens is 354 g/mol. The van der Waals surface area contributed by atoms with Crippen LogP contribution in [0.3, 0.4) is 0 Å². The first-order chi connectivity index (χ1) is 12.5. The zero-order chi connectivity index (χ0) is 18.5. The molecule has 0 fully saturated rings. The predicted molar refractivity (Wildman–Crippen MR) is 98.1 cm³/mol. The summed E-state index contributed by atoms with van der Waals surface area (Å²) < 4.78 is 10.8. The Hall–Kier alpha value is -2.86. The number of benzene rings is 2. The molecule has 0 atom stereocenters. The van der Waals surface area contributed by atoms with Crippen molar-refractivity contribution in [1.29, 1.82) is 0 Å². The Labute approximate surface area is 156 Å². The van der Waals surface area contributed by atoms with Crippen LogP contribution in [0.15, 0.2) is 53.1 Å². The lowest BCUT2D eigenvalue weighted by Gasteiger charge is -2.10. The van der Waals surface area contributed by atoms with Gasteiger partial charge in [0.1, 0.15) is 5.75 Å². The van der Waals surface area contributed by atoms with Crippen LogP contribution in [0.2, 0.25) is 5.02 Å². The second-order valence-corrected chi connectivity index (χ2v) is 6.33. The maximum absolute atomic E-state index is 12.3. The molecule has 0 spiro atoms. The zero-order valence-electron chi connectivity index (χ0n) is 14.4. The molecule has 0 saturated heterocycles. The molecule has 26 heavy (non-hydrogen) atoms. The van der Waals surface area contributed by atoms with E-state index < -0.39 is 0 Å². The Bertz CT molecular complexity index is 891. The van der Waals surface area contributed by atoms with Crippen LogP contribution < -0.4 is 10.1 Å². The largest absolute Gasteiger partial charge is 0.491 e. The smallest absolute Gasteiger partial charge is 0.251 e. The molecule has 0 saturated carbocycles. The van der Waals surface area contributed by atoms with Gasteiger partial charge in [-0.05, 0) is 56.3 Å². The highest BCUT2D eigenvalue weighted by molar-refractivity contribution is 6.30. The van der Waals surface area contributed by atoms with E-state index >= 15 is 0 Å². The second kappa shape index (κ2) is 8.01. The van der Waals surface area contributed by atoms with E-state index in [0.29, 0.717) is 28.1 Å². The molecule has 2 aromatic carbocycles. The van der Waals surface area contributed by atoms with Crippen molar-refractivity contribution < 1.29 is 14.1 Å². The summed E-state index contributed by atoms with van der Waals surface area (Å²) >= 11 is 5.87. The highest BCUT2D eigenvalue weighted by Crippen LogP contribution is 2.19. The highest BCUT2D eigenvalue weighted by Gasteiger charge is 2.12. The van der Waals surface area contributed by atoms with E-state index in [0.717, 1.165) is 5.56 Å². The number of rotatable bonds is 6. The average Bonchev–Trinajstić information content (AvgIpc) is 3.09. The lowest BCUT2D eigenvalue weighted by atomic mass is 10.2. The normalized spacial score (nSPS) is 10.8. The molecule has 0 aliphatic heterocycles. The van der Waals surface area contributed by atoms with Crippen molar-refractivity contribution in [2.24, 2.45) is 0 Å². The number of carbonyl (C=O) groups is 1. The SMILES string of the molecule is CC(C)Oc1cccc(C(=O)NCc2nc(-c3ccc(Cl)cc3)no2)c1. The van der Waals surface area contributed by atoms with Gasteiger partial charge in [-0.1, -0.05) is 22.8 Å². The molecule has 6 nitrogen and oxygen atoms in total. The maximum atomic E-state index is 12.3. The van der Waals surface area contributed by atoms with E-state index in [1.807, 2.05) is 19.9 Å². The van der Waals surface area contributed by atoms with Gasteiger partial charge in [0.2, 0.25) is 11.7 Å². The molecule has 0 bridgehead atoms. The topological polar surface area (TPSA) is 77.2 Å². The van der Waals surface area contributed by atoms with Crippen LogP contribution in [0, 0.1) is 0 Å². The van der Waals surface area contributed by atoms with Crippen molar-refractivity contribution in [1.82, 2.24) is 15.5 Å². The average molecular weight is 372 g/mol. The fourth-order valence-electron chi connectivity index (χ4n) is 2.28. The number of carbonyl (C=O) groups excluding carboxylic acids is 1. The van der Waals surface area contributed by atoms with Gasteiger partial charge in [0.05, 0.1) is 12.6 Å². The minimum atomic E-state index is -0.245. The number of aromatic nitrogens is 2. The Morgan fingerprint density at radius 3 is 2.73 bits per heavy atom. The van der Waals surface area contributed by atoms with Crippen LogP contribution in [0.4, 0.5) is 0 Å². The predicted octanol–water partition coefficient (Wildman–Crippen LogP) is 4.11. The maximum Gasteiger partial charge on any atom is 0.251 e. The van der Waals surface area contributed by atoms with E-state index in [4.69, 9.17) is 20.9 Å². The van der Waals surface area contributed by atoms with E-state index in [-0.39, 0.29) is 18.6 Å². The van der Waals surface area contributed by atoms with Gasteiger partial charge in [0, 0.05) is 16.1 Å². The van der Waals surface area contributed by atoms with E-state index in [1.165, 1.54) is 0 Å². The number of hydrogen-bond acceptors (Lipinski definition) is 5.